The average molecular weight is 447 g/mol. The van der Waals surface area contributed by atoms with Crippen molar-refractivity contribution in [3.05, 3.63) is 64.7 Å². The van der Waals surface area contributed by atoms with Gasteiger partial charge in [0.15, 0.2) is 5.78 Å². The maximum absolute atomic E-state index is 13.2. The molecule has 1 saturated heterocycles. The summed E-state index contributed by atoms with van der Waals surface area (Å²) >= 11 is 5.97. The molecule has 1 heterocycles. The first-order valence-electron chi connectivity index (χ1n) is 9.91. The summed E-state index contributed by atoms with van der Waals surface area (Å²) in [5, 5.41) is 0.636. The van der Waals surface area contributed by atoms with Crippen LogP contribution >= 0.6 is 11.6 Å². The fourth-order valence-electron chi connectivity index (χ4n) is 3.96. The van der Waals surface area contributed by atoms with Gasteiger partial charge in [-0.1, -0.05) is 35.9 Å². The molecular formula is C22H23ClN2O4S. The number of nitrogens with zero attached hydrogens (tertiary/aromatic N) is 2. The van der Waals surface area contributed by atoms with Crippen molar-refractivity contribution in [3.8, 4) is 0 Å². The summed E-state index contributed by atoms with van der Waals surface area (Å²) in [5.74, 6) is -0.0477. The molecule has 0 unspecified atom stereocenters. The zero-order valence-electron chi connectivity index (χ0n) is 16.7. The lowest BCUT2D eigenvalue weighted by Crippen LogP contribution is -2.52. The zero-order valence-corrected chi connectivity index (χ0v) is 18.2. The van der Waals surface area contributed by atoms with E-state index in [4.69, 9.17) is 11.6 Å². The summed E-state index contributed by atoms with van der Waals surface area (Å²) in [4.78, 5) is 26.5. The maximum atomic E-state index is 13.2. The lowest BCUT2D eigenvalue weighted by molar-refractivity contribution is -0.135. The van der Waals surface area contributed by atoms with E-state index in [1.165, 1.54) is 35.5 Å². The molecule has 30 heavy (non-hydrogen) atoms. The minimum Gasteiger partial charge on any atom is -0.339 e. The van der Waals surface area contributed by atoms with Crippen LogP contribution in [0, 0.1) is 0 Å². The highest BCUT2D eigenvalue weighted by atomic mass is 35.5. The van der Waals surface area contributed by atoms with Gasteiger partial charge >= 0.3 is 0 Å². The van der Waals surface area contributed by atoms with Gasteiger partial charge in [0.2, 0.25) is 15.9 Å². The van der Waals surface area contributed by atoms with Crippen molar-refractivity contribution in [2.24, 2.45) is 0 Å². The van der Waals surface area contributed by atoms with Gasteiger partial charge in [-0.3, -0.25) is 9.59 Å². The third-order valence-corrected chi connectivity index (χ3v) is 8.15. The topological polar surface area (TPSA) is 74.8 Å². The third-order valence-electron chi connectivity index (χ3n) is 5.98. The second kappa shape index (κ2) is 7.80. The number of hydrogen-bond acceptors (Lipinski definition) is 4. The number of rotatable bonds is 5. The molecule has 1 aliphatic heterocycles. The fraction of sp³-hybridized carbons (Fsp3) is 0.364. The maximum Gasteiger partial charge on any atom is 0.243 e. The van der Waals surface area contributed by atoms with Gasteiger partial charge in [0.1, 0.15) is 0 Å². The summed E-state index contributed by atoms with van der Waals surface area (Å²) in [6.07, 6.45) is 1.60. The number of ketones is 1. The van der Waals surface area contributed by atoms with Gasteiger partial charge in [0, 0.05) is 36.8 Å². The Labute approximate surface area is 181 Å². The summed E-state index contributed by atoms with van der Waals surface area (Å²) in [5.41, 5.74) is 0.951. The Morgan fingerprint density at radius 2 is 1.47 bits per heavy atom. The highest BCUT2D eigenvalue weighted by Gasteiger charge is 2.53. The molecule has 2 aromatic rings. The molecule has 0 aromatic heterocycles. The largest absolute Gasteiger partial charge is 0.339 e. The normalized spacial score (nSPS) is 18.8. The number of hydrogen-bond donors (Lipinski definition) is 0. The molecule has 4 rings (SSSR count). The number of carbonyl (C=O) groups is 2. The minimum absolute atomic E-state index is 0.0627. The Hall–Kier alpha value is -2.22. The van der Waals surface area contributed by atoms with E-state index < -0.39 is 15.4 Å². The Bertz CT molecular complexity index is 1070. The molecule has 0 N–H and O–H groups in total. The van der Waals surface area contributed by atoms with Crippen LogP contribution in [0.1, 0.15) is 35.7 Å². The predicted molar refractivity (Wildman–Crippen MR) is 114 cm³/mol. The predicted octanol–water partition coefficient (Wildman–Crippen LogP) is 3.11. The number of amides is 1. The van der Waals surface area contributed by atoms with E-state index in [2.05, 4.69) is 0 Å². The van der Waals surface area contributed by atoms with Gasteiger partial charge in [-0.2, -0.15) is 4.31 Å². The van der Waals surface area contributed by atoms with Gasteiger partial charge in [0.05, 0.1) is 10.3 Å². The average Bonchev–Trinajstić information content (AvgIpc) is 3.56. The smallest absolute Gasteiger partial charge is 0.243 e. The number of Topliss-reactive ketones (excluding diaryl/α,β-unsaturated/α-hetero) is 1. The summed E-state index contributed by atoms with van der Waals surface area (Å²) in [7, 11) is -3.66. The van der Waals surface area contributed by atoms with Crippen molar-refractivity contribution in [3.63, 3.8) is 0 Å². The van der Waals surface area contributed by atoms with Gasteiger partial charge in [-0.15, -0.1) is 0 Å². The first-order valence-corrected chi connectivity index (χ1v) is 11.7. The van der Waals surface area contributed by atoms with Crippen LogP contribution in [0.25, 0.3) is 0 Å². The van der Waals surface area contributed by atoms with Crippen LogP contribution in [0.5, 0.6) is 0 Å². The summed E-state index contributed by atoms with van der Waals surface area (Å²) < 4.78 is 27.3. The lowest BCUT2D eigenvalue weighted by atomic mass is 9.94. The van der Waals surface area contributed by atoms with Crippen molar-refractivity contribution in [2.45, 2.75) is 30.1 Å². The number of piperazine rings is 1. The standard InChI is InChI=1S/C22H23ClN2O4S/c1-16(26)17-2-8-20(9-3-17)30(28,29)25-14-12-24(13-15-25)21(27)22(10-11-22)18-4-6-19(23)7-5-18/h2-9H,10-15H2,1H3. The molecule has 158 valence electrons. The first-order chi connectivity index (χ1) is 14.2. The van der Waals surface area contributed by atoms with Crippen LogP contribution in [-0.4, -0.2) is 55.5 Å². The third kappa shape index (κ3) is 3.77. The first kappa shape index (κ1) is 21.0. The van der Waals surface area contributed by atoms with E-state index in [0.717, 1.165) is 18.4 Å². The summed E-state index contributed by atoms with van der Waals surface area (Å²) in [6, 6.07) is 13.4. The van der Waals surface area contributed by atoms with Crippen molar-refractivity contribution >= 4 is 33.3 Å². The number of sulfonamides is 1. The SMILES string of the molecule is CC(=O)c1ccc(S(=O)(=O)N2CCN(C(=O)C3(c4ccc(Cl)cc4)CC3)CC2)cc1. The van der Waals surface area contributed by atoms with Crippen LogP contribution in [0.4, 0.5) is 0 Å². The highest BCUT2D eigenvalue weighted by molar-refractivity contribution is 7.89. The molecule has 1 aliphatic carbocycles. The van der Waals surface area contributed by atoms with E-state index >= 15 is 0 Å². The van der Waals surface area contributed by atoms with Gasteiger partial charge in [0.25, 0.3) is 0 Å². The van der Waals surface area contributed by atoms with E-state index in [9.17, 15) is 18.0 Å². The van der Waals surface area contributed by atoms with Gasteiger partial charge in [-0.05, 0) is 49.6 Å². The van der Waals surface area contributed by atoms with Crippen LogP contribution in [0.2, 0.25) is 5.02 Å². The molecule has 2 aliphatic rings. The van der Waals surface area contributed by atoms with E-state index in [-0.39, 0.29) is 29.7 Å². The Balaban J connectivity index is 1.44. The molecule has 6 nitrogen and oxygen atoms in total. The second-order valence-corrected chi connectivity index (χ2v) is 10.2. The molecule has 8 heteroatoms. The van der Waals surface area contributed by atoms with Crippen LogP contribution in [0.3, 0.4) is 0 Å². The van der Waals surface area contributed by atoms with Crippen molar-refractivity contribution in [1.82, 2.24) is 9.21 Å². The van der Waals surface area contributed by atoms with Crippen LogP contribution in [0.15, 0.2) is 53.4 Å². The highest BCUT2D eigenvalue weighted by Crippen LogP contribution is 2.50. The molecule has 2 aromatic carbocycles. The monoisotopic (exact) mass is 446 g/mol. The Morgan fingerprint density at radius 1 is 0.900 bits per heavy atom. The Morgan fingerprint density at radius 3 is 1.97 bits per heavy atom. The molecule has 2 fully saturated rings. The quantitative estimate of drug-likeness (QED) is 0.661. The molecule has 0 atom stereocenters. The van der Waals surface area contributed by atoms with Crippen molar-refractivity contribution < 1.29 is 18.0 Å². The van der Waals surface area contributed by atoms with Gasteiger partial charge in [-0.25, -0.2) is 8.42 Å². The molecular weight excluding hydrogens is 424 g/mol. The summed E-state index contributed by atoms with van der Waals surface area (Å²) in [6.45, 7) is 2.66. The molecule has 0 radical (unpaired) electrons. The number of halogens is 1. The molecule has 1 saturated carbocycles. The molecule has 0 spiro atoms. The van der Waals surface area contributed by atoms with Crippen molar-refractivity contribution in [1.29, 1.82) is 0 Å². The minimum atomic E-state index is -3.66. The molecule has 0 bridgehead atoms. The Kier molecular flexibility index (Phi) is 5.46. The zero-order chi connectivity index (χ0) is 21.5. The lowest BCUT2D eigenvalue weighted by Gasteiger charge is -2.36. The van der Waals surface area contributed by atoms with E-state index in [1.54, 1.807) is 17.0 Å². The second-order valence-electron chi connectivity index (χ2n) is 7.87. The number of benzene rings is 2. The van der Waals surface area contributed by atoms with E-state index in [0.29, 0.717) is 23.7 Å². The van der Waals surface area contributed by atoms with Gasteiger partial charge < -0.3 is 4.90 Å². The molecule has 1 amide bonds. The van der Waals surface area contributed by atoms with Crippen LogP contribution in [-0.2, 0) is 20.2 Å². The van der Waals surface area contributed by atoms with E-state index in [1.807, 2.05) is 12.1 Å². The van der Waals surface area contributed by atoms with Crippen molar-refractivity contribution in [2.75, 3.05) is 26.2 Å². The fourth-order valence-corrected chi connectivity index (χ4v) is 5.51. The van der Waals surface area contributed by atoms with Crippen LogP contribution < -0.4 is 0 Å². The number of carbonyl (C=O) groups excluding carboxylic acids is 2.